The summed E-state index contributed by atoms with van der Waals surface area (Å²) in [6.07, 6.45) is 3.88. The van der Waals surface area contributed by atoms with Gasteiger partial charge in [0.25, 0.3) is 0 Å². The summed E-state index contributed by atoms with van der Waals surface area (Å²) in [5.74, 6) is 0.768. The lowest BCUT2D eigenvalue weighted by Gasteiger charge is -2.03. The van der Waals surface area contributed by atoms with Crippen LogP contribution in [0.25, 0.3) is 6.08 Å². The highest BCUT2D eigenvalue weighted by atomic mass is 16.5. The van der Waals surface area contributed by atoms with Crippen molar-refractivity contribution in [2.24, 2.45) is 0 Å². The molecule has 98 valence electrons. The molecule has 0 saturated heterocycles. The number of carbonyl (C=O) groups excluding carboxylic acids is 1. The third-order valence-electron chi connectivity index (χ3n) is 2.20. The molecular weight excluding hydrogens is 232 g/mol. The average Bonchev–Trinajstić information content (AvgIpc) is 2.39. The van der Waals surface area contributed by atoms with Gasteiger partial charge >= 0.3 is 6.03 Å². The quantitative estimate of drug-likeness (QED) is 0.667. The molecule has 1 aromatic carbocycles. The van der Waals surface area contributed by atoms with E-state index in [0.29, 0.717) is 13.0 Å². The molecule has 5 nitrogen and oxygen atoms in total. The lowest BCUT2D eigenvalue weighted by atomic mass is 10.2. The Morgan fingerprint density at radius 1 is 1.50 bits per heavy atom. The van der Waals surface area contributed by atoms with Gasteiger partial charge in [-0.1, -0.05) is 12.1 Å². The Balaban J connectivity index is 2.37. The van der Waals surface area contributed by atoms with Crippen LogP contribution in [0.4, 0.5) is 4.79 Å². The number of urea groups is 1. The monoisotopic (exact) mass is 250 g/mol. The summed E-state index contributed by atoms with van der Waals surface area (Å²) in [6.45, 7) is 0.523. The molecule has 0 atom stereocenters. The molecule has 0 bridgehead atoms. The number of amides is 2. The smallest absolute Gasteiger partial charge is 0.318 e. The Hall–Kier alpha value is -2.01. The first-order valence-corrected chi connectivity index (χ1v) is 5.72. The number of aliphatic hydroxyl groups is 1. The molecule has 1 aromatic rings. The topological polar surface area (TPSA) is 70.6 Å². The third-order valence-corrected chi connectivity index (χ3v) is 2.20. The van der Waals surface area contributed by atoms with Crippen LogP contribution >= 0.6 is 0 Å². The maximum absolute atomic E-state index is 11.3. The van der Waals surface area contributed by atoms with Gasteiger partial charge in [0.2, 0.25) is 0 Å². The number of carbonyl (C=O) groups is 1. The molecule has 3 N–H and O–H groups in total. The molecule has 0 heterocycles. The van der Waals surface area contributed by atoms with Gasteiger partial charge in [0.15, 0.2) is 0 Å². The molecular formula is C13H18N2O3. The zero-order chi connectivity index (χ0) is 13.2. The van der Waals surface area contributed by atoms with Crippen LogP contribution in [-0.2, 0) is 0 Å². The zero-order valence-corrected chi connectivity index (χ0v) is 10.3. The molecule has 0 spiro atoms. The predicted molar refractivity (Wildman–Crippen MR) is 70.3 cm³/mol. The van der Waals surface area contributed by atoms with E-state index in [-0.39, 0.29) is 12.6 Å². The second kappa shape index (κ2) is 8.14. The number of aliphatic hydroxyl groups excluding tert-OH is 1. The van der Waals surface area contributed by atoms with Crippen molar-refractivity contribution in [1.29, 1.82) is 0 Å². The molecule has 0 saturated carbocycles. The lowest BCUT2D eigenvalue weighted by Crippen LogP contribution is -2.33. The van der Waals surface area contributed by atoms with Crippen molar-refractivity contribution < 1.29 is 14.6 Å². The van der Waals surface area contributed by atoms with Crippen LogP contribution in [-0.4, -0.2) is 31.4 Å². The zero-order valence-electron chi connectivity index (χ0n) is 10.3. The predicted octanol–water partition coefficient (Wildman–Crippen LogP) is 1.35. The number of methoxy groups -OCH3 is 1. The van der Waals surface area contributed by atoms with E-state index in [2.05, 4.69) is 10.6 Å². The van der Waals surface area contributed by atoms with E-state index in [1.165, 1.54) is 0 Å². The van der Waals surface area contributed by atoms with E-state index in [9.17, 15) is 4.79 Å². The molecule has 1 rings (SSSR count). The van der Waals surface area contributed by atoms with Crippen LogP contribution in [0, 0.1) is 0 Å². The van der Waals surface area contributed by atoms with Gasteiger partial charge in [-0.05, 0) is 30.2 Å². The van der Waals surface area contributed by atoms with E-state index >= 15 is 0 Å². The molecule has 0 fully saturated rings. The Morgan fingerprint density at radius 2 is 2.33 bits per heavy atom. The summed E-state index contributed by atoms with van der Waals surface area (Å²) >= 11 is 0. The lowest BCUT2D eigenvalue weighted by molar-refractivity contribution is 0.241. The van der Waals surface area contributed by atoms with E-state index < -0.39 is 0 Å². The summed E-state index contributed by atoms with van der Waals surface area (Å²) in [5.41, 5.74) is 0.935. The van der Waals surface area contributed by atoms with Gasteiger partial charge in [-0.15, -0.1) is 0 Å². The van der Waals surface area contributed by atoms with Crippen LogP contribution < -0.4 is 15.4 Å². The summed E-state index contributed by atoms with van der Waals surface area (Å²) in [5, 5.41) is 13.7. The van der Waals surface area contributed by atoms with E-state index in [0.717, 1.165) is 11.3 Å². The number of ether oxygens (including phenoxy) is 1. The fraction of sp³-hybridized carbons (Fsp3) is 0.308. The average molecular weight is 250 g/mol. The number of hydrogen-bond acceptors (Lipinski definition) is 3. The molecule has 0 radical (unpaired) electrons. The van der Waals surface area contributed by atoms with E-state index in [4.69, 9.17) is 9.84 Å². The fourth-order valence-corrected chi connectivity index (χ4v) is 1.29. The van der Waals surface area contributed by atoms with Crippen molar-refractivity contribution in [2.45, 2.75) is 6.42 Å². The highest BCUT2D eigenvalue weighted by molar-refractivity contribution is 5.75. The Kier molecular flexibility index (Phi) is 6.35. The maximum atomic E-state index is 11.3. The molecule has 0 aliphatic rings. The first kappa shape index (κ1) is 14.1. The summed E-state index contributed by atoms with van der Waals surface area (Å²) < 4.78 is 5.09. The minimum absolute atomic E-state index is 0.0694. The van der Waals surface area contributed by atoms with Gasteiger partial charge in [0, 0.05) is 19.4 Å². The number of rotatable bonds is 6. The fourth-order valence-electron chi connectivity index (χ4n) is 1.29. The van der Waals surface area contributed by atoms with Crippen LogP contribution in [0.5, 0.6) is 5.75 Å². The molecule has 18 heavy (non-hydrogen) atoms. The van der Waals surface area contributed by atoms with Crippen LogP contribution in [0.1, 0.15) is 12.0 Å². The van der Waals surface area contributed by atoms with E-state index in [1.54, 1.807) is 19.4 Å². The molecule has 5 heteroatoms. The SMILES string of the molecule is COc1cccc(/C=C/NC(=O)NCCCO)c1. The third kappa shape index (κ3) is 5.36. The molecule has 0 aliphatic carbocycles. The molecule has 0 aliphatic heterocycles. The van der Waals surface area contributed by atoms with Crippen molar-refractivity contribution in [3.8, 4) is 5.75 Å². The van der Waals surface area contributed by atoms with Crippen molar-refractivity contribution in [3.63, 3.8) is 0 Å². The first-order chi connectivity index (χ1) is 8.76. The minimum atomic E-state index is -0.289. The largest absolute Gasteiger partial charge is 0.497 e. The van der Waals surface area contributed by atoms with Crippen molar-refractivity contribution in [1.82, 2.24) is 10.6 Å². The second-order valence-electron chi connectivity index (χ2n) is 3.59. The Bertz CT molecular complexity index is 405. The van der Waals surface area contributed by atoms with Crippen LogP contribution in [0.15, 0.2) is 30.5 Å². The van der Waals surface area contributed by atoms with Crippen molar-refractivity contribution >= 4 is 12.1 Å². The van der Waals surface area contributed by atoms with Gasteiger partial charge in [-0.2, -0.15) is 0 Å². The summed E-state index contributed by atoms with van der Waals surface area (Å²) in [7, 11) is 1.61. The van der Waals surface area contributed by atoms with Crippen LogP contribution in [0.2, 0.25) is 0 Å². The maximum Gasteiger partial charge on any atom is 0.318 e. The minimum Gasteiger partial charge on any atom is -0.497 e. The Labute approximate surface area is 106 Å². The number of benzene rings is 1. The molecule has 0 unspecified atom stereocenters. The van der Waals surface area contributed by atoms with Gasteiger partial charge in [0.05, 0.1) is 7.11 Å². The standard InChI is InChI=1S/C13H18N2O3/c1-18-12-5-2-4-11(10-12)6-8-15-13(17)14-7-3-9-16/h2,4-6,8,10,16H,3,7,9H2,1H3,(H2,14,15,17)/b8-6+. The van der Waals surface area contributed by atoms with Gasteiger partial charge < -0.3 is 20.5 Å². The van der Waals surface area contributed by atoms with Gasteiger partial charge in [0.1, 0.15) is 5.75 Å². The first-order valence-electron chi connectivity index (χ1n) is 5.72. The highest BCUT2D eigenvalue weighted by Crippen LogP contribution is 2.13. The summed E-state index contributed by atoms with van der Waals surface area (Å²) in [6, 6.07) is 7.21. The molecule has 2 amide bonds. The number of nitrogens with one attached hydrogen (secondary N) is 2. The van der Waals surface area contributed by atoms with Crippen molar-refractivity contribution in [2.75, 3.05) is 20.3 Å². The van der Waals surface area contributed by atoms with Gasteiger partial charge in [-0.3, -0.25) is 0 Å². The second-order valence-corrected chi connectivity index (χ2v) is 3.59. The van der Waals surface area contributed by atoms with Crippen molar-refractivity contribution in [3.05, 3.63) is 36.0 Å². The summed E-state index contributed by atoms with van der Waals surface area (Å²) in [4.78, 5) is 11.3. The van der Waals surface area contributed by atoms with Crippen LogP contribution in [0.3, 0.4) is 0 Å². The molecule has 0 aromatic heterocycles. The van der Waals surface area contributed by atoms with E-state index in [1.807, 2.05) is 24.3 Å². The Morgan fingerprint density at radius 3 is 3.06 bits per heavy atom. The highest BCUT2D eigenvalue weighted by Gasteiger charge is 1.95. The number of hydrogen-bond donors (Lipinski definition) is 3. The normalized spacial score (nSPS) is 10.3. The van der Waals surface area contributed by atoms with Gasteiger partial charge in [-0.25, -0.2) is 4.79 Å².